The quantitative estimate of drug-likeness (QED) is 0.113. The van der Waals surface area contributed by atoms with Crippen molar-refractivity contribution in [3.63, 3.8) is 0 Å². The van der Waals surface area contributed by atoms with Crippen LogP contribution < -0.4 is 5.32 Å². The molecule has 6 nitrogen and oxygen atoms in total. The fourth-order valence-electron chi connectivity index (χ4n) is 3.25. The van der Waals surface area contributed by atoms with Gasteiger partial charge in [0.2, 0.25) is 0 Å². The summed E-state index contributed by atoms with van der Waals surface area (Å²) in [5, 5.41) is 7.85. The standard InChI is InChI=1S/C19H17ClF2IN6PS/c1-9-11(8-24-28(9)2)10-4-5-12(14(6-10)31-3)25-13-7-15(20)26-18-16(13)27-19(17(21)22)29(18)30-23/h4-8,17,30H,1-3H3,(H,25,26). The zero-order chi connectivity index (χ0) is 22.3. The summed E-state index contributed by atoms with van der Waals surface area (Å²) in [5.41, 5.74) is 5.24. The maximum absolute atomic E-state index is 13.5. The Kier molecular flexibility index (Phi) is 6.71. The first-order chi connectivity index (χ1) is 14.8. The molecule has 0 aliphatic heterocycles. The average Bonchev–Trinajstić information content (AvgIpc) is 3.28. The number of hydrogen-bond donors (Lipinski definition) is 1. The average molecular weight is 593 g/mol. The molecule has 12 heteroatoms. The lowest BCUT2D eigenvalue weighted by atomic mass is 10.1. The minimum absolute atomic E-state index is 0.0244. The number of aromatic nitrogens is 5. The number of benzene rings is 1. The second-order valence-electron chi connectivity index (χ2n) is 6.66. The first-order valence-corrected chi connectivity index (χ1v) is 14.7. The lowest BCUT2D eigenvalue weighted by Crippen LogP contribution is -1.96. The van der Waals surface area contributed by atoms with E-state index >= 15 is 0 Å². The Morgan fingerprint density at radius 3 is 2.61 bits per heavy atom. The summed E-state index contributed by atoms with van der Waals surface area (Å²) in [7, 11) is 1.91. The number of fused-ring (bicyclic) bond motifs is 1. The smallest absolute Gasteiger partial charge is 0.295 e. The molecule has 31 heavy (non-hydrogen) atoms. The number of thioether (sulfide) groups is 1. The number of alkyl halides is 2. The molecule has 3 aromatic heterocycles. The van der Waals surface area contributed by atoms with Gasteiger partial charge in [0.05, 0.1) is 23.9 Å². The molecular formula is C19H17ClF2IN6PS. The number of pyridine rings is 1. The van der Waals surface area contributed by atoms with E-state index in [0.717, 1.165) is 27.4 Å². The minimum atomic E-state index is -2.70. The molecule has 0 spiro atoms. The molecule has 1 aromatic carbocycles. The zero-order valence-electron chi connectivity index (χ0n) is 16.6. The highest BCUT2D eigenvalue weighted by molar-refractivity contribution is 14.2. The van der Waals surface area contributed by atoms with Crippen molar-refractivity contribution in [2.75, 3.05) is 11.6 Å². The van der Waals surface area contributed by atoms with Crippen molar-refractivity contribution in [2.24, 2.45) is 7.05 Å². The van der Waals surface area contributed by atoms with Crippen LogP contribution in [0.4, 0.5) is 20.2 Å². The van der Waals surface area contributed by atoms with Crippen molar-refractivity contribution in [2.45, 2.75) is 18.2 Å². The lowest BCUT2D eigenvalue weighted by molar-refractivity contribution is 0.140. The molecule has 0 bridgehead atoms. The second-order valence-corrected chi connectivity index (χ2v) is 9.96. The summed E-state index contributed by atoms with van der Waals surface area (Å²) in [5.74, 6) is -0.312. The third kappa shape index (κ3) is 4.27. The first kappa shape index (κ1) is 22.7. The van der Waals surface area contributed by atoms with Crippen LogP contribution in [0.25, 0.3) is 22.3 Å². The molecule has 1 unspecified atom stereocenters. The second kappa shape index (κ2) is 9.17. The molecule has 0 saturated heterocycles. The maximum atomic E-state index is 13.5. The van der Waals surface area contributed by atoms with E-state index in [1.54, 1.807) is 17.8 Å². The molecule has 3 heterocycles. The number of aryl methyl sites for hydroxylation is 1. The Balaban J connectivity index is 1.79. The van der Waals surface area contributed by atoms with E-state index in [1.165, 1.54) is 4.34 Å². The Morgan fingerprint density at radius 1 is 1.23 bits per heavy atom. The van der Waals surface area contributed by atoms with Gasteiger partial charge in [-0.15, -0.1) is 11.8 Å². The SMILES string of the molecule is CSc1cc(-c2cnn(C)c2C)ccc1Nc1cc(Cl)nc2c1nc(C(F)F)n2PI. The van der Waals surface area contributed by atoms with Gasteiger partial charge in [0.15, 0.2) is 11.5 Å². The Labute approximate surface area is 201 Å². The molecule has 0 aliphatic rings. The van der Waals surface area contributed by atoms with Gasteiger partial charge in [0.1, 0.15) is 10.7 Å². The topological polar surface area (TPSA) is 60.6 Å². The molecule has 0 fully saturated rings. The van der Waals surface area contributed by atoms with Crippen molar-refractivity contribution in [1.29, 1.82) is 0 Å². The van der Waals surface area contributed by atoms with Crippen molar-refractivity contribution < 1.29 is 8.78 Å². The highest BCUT2D eigenvalue weighted by atomic mass is 127. The number of nitrogens with one attached hydrogen (secondary N) is 1. The van der Waals surface area contributed by atoms with Crippen LogP contribution in [0.3, 0.4) is 0 Å². The number of nitrogens with zero attached hydrogens (tertiary/aromatic N) is 5. The fraction of sp³-hybridized carbons (Fsp3) is 0.211. The van der Waals surface area contributed by atoms with Gasteiger partial charge in [-0.25, -0.2) is 18.7 Å². The highest BCUT2D eigenvalue weighted by Crippen LogP contribution is 2.40. The zero-order valence-corrected chi connectivity index (χ0v) is 21.4. The Morgan fingerprint density at radius 2 is 2.00 bits per heavy atom. The van der Waals surface area contributed by atoms with E-state index in [9.17, 15) is 8.78 Å². The molecule has 0 radical (unpaired) electrons. The highest BCUT2D eigenvalue weighted by Gasteiger charge is 2.22. The van der Waals surface area contributed by atoms with Gasteiger partial charge in [-0.3, -0.25) is 9.02 Å². The largest absolute Gasteiger partial charge is 0.353 e. The van der Waals surface area contributed by atoms with E-state index in [1.807, 2.05) is 65.3 Å². The third-order valence-electron chi connectivity index (χ3n) is 4.91. The predicted octanol–water partition coefficient (Wildman–Crippen LogP) is 6.99. The van der Waals surface area contributed by atoms with Crippen molar-refractivity contribution in [3.05, 3.63) is 47.1 Å². The van der Waals surface area contributed by atoms with Gasteiger partial charge in [-0.2, -0.15) is 5.10 Å². The summed E-state index contributed by atoms with van der Waals surface area (Å²) in [4.78, 5) is 9.40. The van der Waals surface area contributed by atoms with Gasteiger partial charge < -0.3 is 5.32 Å². The predicted molar refractivity (Wildman–Crippen MR) is 134 cm³/mol. The van der Waals surface area contributed by atoms with Crippen LogP contribution in [0.1, 0.15) is 17.9 Å². The third-order valence-corrected chi connectivity index (χ3v) is 7.94. The van der Waals surface area contributed by atoms with E-state index in [-0.39, 0.29) is 17.4 Å². The molecular weight excluding hydrogens is 576 g/mol. The molecule has 4 aromatic rings. The first-order valence-electron chi connectivity index (χ1n) is 9.01. The minimum Gasteiger partial charge on any atom is -0.353 e. The number of anilines is 2. The summed E-state index contributed by atoms with van der Waals surface area (Å²) >= 11 is 9.83. The van der Waals surface area contributed by atoms with E-state index in [0.29, 0.717) is 16.9 Å². The molecule has 0 aliphatic carbocycles. The molecule has 4 rings (SSSR count). The molecule has 1 N–H and O–H groups in total. The fourth-order valence-corrected chi connectivity index (χ4v) is 5.92. The van der Waals surface area contributed by atoms with Crippen LogP contribution in [0.15, 0.2) is 35.4 Å². The van der Waals surface area contributed by atoms with Crippen LogP contribution in [0.2, 0.25) is 5.15 Å². The van der Waals surface area contributed by atoms with E-state index in [2.05, 4.69) is 26.4 Å². The Hall–Kier alpha value is -1.49. The normalized spacial score (nSPS) is 12.0. The van der Waals surface area contributed by atoms with Crippen molar-refractivity contribution >= 4 is 74.3 Å². The summed E-state index contributed by atoms with van der Waals surface area (Å²) in [6, 6.07) is 7.64. The van der Waals surface area contributed by atoms with Crippen LogP contribution in [-0.2, 0) is 7.05 Å². The molecule has 0 saturated carbocycles. The van der Waals surface area contributed by atoms with E-state index < -0.39 is 6.43 Å². The van der Waals surface area contributed by atoms with Crippen molar-refractivity contribution in [1.82, 2.24) is 24.1 Å². The van der Waals surface area contributed by atoms with Crippen LogP contribution in [0, 0.1) is 6.92 Å². The molecule has 0 amide bonds. The number of rotatable bonds is 6. The number of imidazole rings is 1. The summed E-state index contributed by atoms with van der Waals surface area (Å²) in [6.45, 7) is 2.02. The maximum Gasteiger partial charge on any atom is 0.295 e. The van der Waals surface area contributed by atoms with Gasteiger partial charge in [-0.1, -0.05) is 17.7 Å². The van der Waals surface area contributed by atoms with Crippen LogP contribution >= 0.6 is 51.8 Å². The van der Waals surface area contributed by atoms with E-state index in [4.69, 9.17) is 11.6 Å². The van der Waals surface area contributed by atoms with Gasteiger partial charge in [0.25, 0.3) is 6.43 Å². The molecule has 162 valence electrons. The van der Waals surface area contributed by atoms with Crippen molar-refractivity contribution in [3.8, 4) is 11.1 Å². The summed E-state index contributed by atoms with van der Waals surface area (Å²) in [6.07, 6.45) is 1.15. The number of hydrogen-bond acceptors (Lipinski definition) is 5. The number of halogens is 4. The monoisotopic (exact) mass is 592 g/mol. The van der Waals surface area contributed by atoms with Gasteiger partial charge >= 0.3 is 0 Å². The lowest BCUT2D eigenvalue weighted by Gasteiger charge is -2.13. The molecule has 1 atom stereocenters. The van der Waals surface area contributed by atoms with Gasteiger partial charge in [0, 0.05) is 29.3 Å². The summed E-state index contributed by atoms with van der Waals surface area (Å²) < 4.78 is 30.2. The van der Waals surface area contributed by atoms with Crippen LogP contribution in [-0.4, -0.2) is 30.3 Å². The van der Waals surface area contributed by atoms with Crippen LogP contribution in [0.5, 0.6) is 0 Å². The van der Waals surface area contributed by atoms with Gasteiger partial charge in [-0.05, 0) is 52.9 Å². The Bertz CT molecular complexity index is 1280.